The first kappa shape index (κ1) is 12.0. The molecule has 1 fully saturated rings. The maximum absolute atomic E-state index is 5.94. The summed E-state index contributed by atoms with van der Waals surface area (Å²) in [5, 5.41) is 0. The van der Waals surface area contributed by atoms with Crippen molar-refractivity contribution >= 4 is 0 Å². The fourth-order valence-electron chi connectivity index (χ4n) is 2.07. The van der Waals surface area contributed by atoms with Crippen molar-refractivity contribution in [2.24, 2.45) is 11.3 Å². The predicted octanol–water partition coefficient (Wildman–Crippen LogP) is 4.02. The van der Waals surface area contributed by atoms with Gasteiger partial charge in [0.25, 0.3) is 0 Å². The molecule has 1 saturated carbocycles. The van der Waals surface area contributed by atoms with E-state index in [2.05, 4.69) is 27.7 Å². The van der Waals surface area contributed by atoms with Gasteiger partial charge in [-0.05, 0) is 37.0 Å². The van der Waals surface area contributed by atoms with Gasteiger partial charge in [0.15, 0.2) is 0 Å². The topological polar surface area (TPSA) is 9.23 Å². The van der Waals surface area contributed by atoms with Gasteiger partial charge in [-0.1, -0.05) is 34.1 Å². The molecule has 0 aromatic carbocycles. The summed E-state index contributed by atoms with van der Waals surface area (Å²) < 4.78 is 5.94. The van der Waals surface area contributed by atoms with Crippen molar-refractivity contribution in [3.05, 3.63) is 0 Å². The second kappa shape index (κ2) is 5.16. The molecule has 0 heterocycles. The monoisotopic (exact) mass is 198 g/mol. The van der Waals surface area contributed by atoms with E-state index in [9.17, 15) is 0 Å². The minimum absolute atomic E-state index is 0.321. The van der Waals surface area contributed by atoms with Crippen molar-refractivity contribution in [2.75, 3.05) is 6.61 Å². The number of rotatable bonds is 3. The van der Waals surface area contributed by atoms with Crippen molar-refractivity contribution < 1.29 is 4.74 Å². The van der Waals surface area contributed by atoms with Crippen LogP contribution in [0.5, 0.6) is 0 Å². The molecular weight excluding hydrogens is 172 g/mol. The molecule has 84 valence electrons. The molecule has 0 unspecified atom stereocenters. The number of ether oxygens (including phenoxy) is 1. The van der Waals surface area contributed by atoms with E-state index in [0.717, 1.165) is 12.5 Å². The first-order valence-corrected chi connectivity index (χ1v) is 6.13. The minimum Gasteiger partial charge on any atom is -0.378 e. The van der Waals surface area contributed by atoms with E-state index in [0.29, 0.717) is 11.5 Å². The lowest BCUT2D eigenvalue weighted by molar-refractivity contribution is -0.0171. The van der Waals surface area contributed by atoms with Gasteiger partial charge >= 0.3 is 0 Å². The quantitative estimate of drug-likeness (QED) is 0.665. The molecule has 1 heteroatoms. The van der Waals surface area contributed by atoms with Gasteiger partial charge in [-0.15, -0.1) is 0 Å². The lowest BCUT2D eigenvalue weighted by Gasteiger charge is -2.30. The normalized spacial score (nSPS) is 29.1. The van der Waals surface area contributed by atoms with Crippen molar-refractivity contribution in [3.8, 4) is 0 Å². The van der Waals surface area contributed by atoms with E-state index < -0.39 is 0 Å². The van der Waals surface area contributed by atoms with E-state index in [1.165, 1.54) is 32.1 Å². The average molecular weight is 198 g/mol. The highest BCUT2D eigenvalue weighted by Crippen LogP contribution is 2.29. The molecule has 1 rings (SSSR count). The van der Waals surface area contributed by atoms with Gasteiger partial charge in [-0.3, -0.25) is 0 Å². The molecule has 1 aliphatic rings. The lowest BCUT2D eigenvalue weighted by Crippen LogP contribution is -2.25. The molecule has 0 saturated heterocycles. The van der Waals surface area contributed by atoms with E-state index in [1.54, 1.807) is 0 Å². The summed E-state index contributed by atoms with van der Waals surface area (Å²) in [5.74, 6) is 0.976. The molecule has 0 radical (unpaired) electrons. The highest BCUT2D eigenvalue weighted by Gasteiger charge is 2.22. The molecular formula is C13H26O. The summed E-state index contributed by atoms with van der Waals surface area (Å²) in [6.45, 7) is 9.94. The van der Waals surface area contributed by atoms with E-state index in [4.69, 9.17) is 4.74 Å². The van der Waals surface area contributed by atoms with E-state index in [-0.39, 0.29) is 0 Å². The van der Waals surface area contributed by atoms with Gasteiger partial charge in [0, 0.05) is 0 Å². The van der Waals surface area contributed by atoms with Crippen LogP contribution in [0, 0.1) is 11.3 Å². The third kappa shape index (κ3) is 4.45. The predicted molar refractivity (Wildman–Crippen MR) is 61.4 cm³/mol. The second-order valence-electron chi connectivity index (χ2n) is 5.92. The van der Waals surface area contributed by atoms with Gasteiger partial charge in [0.1, 0.15) is 0 Å². The molecule has 0 aromatic rings. The zero-order valence-corrected chi connectivity index (χ0v) is 10.3. The summed E-state index contributed by atoms with van der Waals surface area (Å²) in [6.07, 6.45) is 7.24. The first-order valence-electron chi connectivity index (χ1n) is 6.13. The van der Waals surface area contributed by atoms with Gasteiger partial charge in [-0.2, -0.15) is 0 Å². The van der Waals surface area contributed by atoms with Crippen LogP contribution in [-0.4, -0.2) is 12.7 Å². The van der Waals surface area contributed by atoms with Crippen LogP contribution in [0.25, 0.3) is 0 Å². The van der Waals surface area contributed by atoms with Crippen molar-refractivity contribution in [1.29, 1.82) is 0 Å². The Bertz CT molecular complexity index is 149. The fraction of sp³-hybridized carbons (Fsp3) is 1.00. The summed E-state index contributed by atoms with van der Waals surface area (Å²) in [4.78, 5) is 0. The number of hydrogen-bond donors (Lipinski definition) is 0. The molecule has 1 aliphatic carbocycles. The van der Waals surface area contributed by atoms with Crippen LogP contribution in [0.1, 0.15) is 59.8 Å². The third-order valence-electron chi connectivity index (χ3n) is 3.12. The Labute approximate surface area is 89.2 Å². The molecule has 14 heavy (non-hydrogen) atoms. The summed E-state index contributed by atoms with van der Waals surface area (Å²) in [6, 6.07) is 0. The Balaban J connectivity index is 2.16. The Hall–Kier alpha value is -0.0400. The third-order valence-corrected chi connectivity index (χ3v) is 3.12. The SMILES string of the molecule is CCC1CCC(OCC(C)(C)C)CC1. The molecule has 0 bridgehead atoms. The summed E-state index contributed by atoms with van der Waals surface area (Å²) in [7, 11) is 0. The maximum Gasteiger partial charge on any atom is 0.0575 e. The summed E-state index contributed by atoms with van der Waals surface area (Å²) in [5.41, 5.74) is 0.321. The van der Waals surface area contributed by atoms with Crippen LogP contribution in [0.3, 0.4) is 0 Å². The Morgan fingerprint density at radius 2 is 1.64 bits per heavy atom. The van der Waals surface area contributed by atoms with Crippen LogP contribution < -0.4 is 0 Å². The molecule has 1 nitrogen and oxygen atoms in total. The van der Waals surface area contributed by atoms with E-state index >= 15 is 0 Å². The average Bonchev–Trinajstić information content (AvgIpc) is 2.14. The highest BCUT2D eigenvalue weighted by molar-refractivity contribution is 4.73. The standard InChI is InChI=1S/C13H26O/c1-5-11-6-8-12(9-7-11)14-10-13(2,3)4/h11-12H,5-10H2,1-4H3. The van der Waals surface area contributed by atoms with Gasteiger partial charge in [-0.25, -0.2) is 0 Å². The van der Waals surface area contributed by atoms with Crippen LogP contribution in [0.4, 0.5) is 0 Å². The zero-order chi connectivity index (χ0) is 10.6. The molecule has 0 aliphatic heterocycles. The second-order valence-corrected chi connectivity index (χ2v) is 5.92. The van der Waals surface area contributed by atoms with Gasteiger partial charge in [0.2, 0.25) is 0 Å². The largest absolute Gasteiger partial charge is 0.378 e. The summed E-state index contributed by atoms with van der Waals surface area (Å²) >= 11 is 0. The maximum atomic E-state index is 5.94. The van der Waals surface area contributed by atoms with Gasteiger partial charge in [0.05, 0.1) is 12.7 Å². The first-order chi connectivity index (χ1) is 6.51. The van der Waals surface area contributed by atoms with E-state index in [1.807, 2.05) is 0 Å². The zero-order valence-electron chi connectivity index (χ0n) is 10.3. The molecule has 0 aromatic heterocycles. The molecule has 0 amide bonds. The Morgan fingerprint density at radius 3 is 2.07 bits per heavy atom. The minimum atomic E-state index is 0.321. The lowest BCUT2D eigenvalue weighted by atomic mass is 9.85. The van der Waals surface area contributed by atoms with Gasteiger partial charge < -0.3 is 4.74 Å². The van der Waals surface area contributed by atoms with Crippen LogP contribution in [0.15, 0.2) is 0 Å². The molecule has 0 spiro atoms. The Morgan fingerprint density at radius 1 is 1.07 bits per heavy atom. The highest BCUT2D eigenvalue weighted by atomic mass is 16.5. The molecule has 0 N–H and O–H groups in total. The number of hydrogen-bond acceptors (Lipinski definition) is 1. The van der Waals surface area contributed by atoms with Crippen LogP contribution >= 0.6 is 0 Å². The van der Waals surface area contributed by atoms with Crippen molar-refractivity contribution in [2.45, 2.75) is 65.9 Å². The Kier molecular flexibility index (Phi) is 4.43. The van der Waals surface area contributed by atoms with Crippen molar-refractivity contribution in [3.63, 3.8) is 0 Å². The smallest absolute Gasteiger partial charge is 0.0575 e. The fourth-order valence-corrected chi connectivity index (χ4v) is 2.07. The van der Waals surface area contributed by atoms with Crippen LogP contribution in [-0.2, 0) is 4.74 Å². The van der Waals surface area contributed by atoms with Crippen molar-refractivity contribution in [1.82, 2.24) is 0 Å². The molecule has 0 atom stereocenters. The van der Waals surface area contributed by atoms with Crippen LogP contribution in [0.2, 0.25) is 0 Å².